The van der Waals surface area contributed by atoms with Gasteiger partial charge in [-0.1, -0.05) is 11.6 Å². The molecule has 0 radical (unpaired) electrons. The Morgan fingerprint density at radius 2 is 2.12 bits per heavy atom. The van der Waals surface area contributed by atoms with Crippen LogP contribution in [-0.2, 0) is 4.79 Å². The van der Waals surface area contributed by atoms with Gasteiger partial charge in [-0.3, -0.25) is 9.59 Å². The lowest BCUT2D eigenvalue weighted by atomic mass is 9.97. The normalized spacial score (nSPS) is 17.2. The highest BCUT2D eigenvalue weighted by Crippen LogP contribution is 2.37. The molecule has 1 amide bonds. The number of hydrogen-bond donors (Lipinski definition) is 1. The summed E-state index contributed by atoms with van der Waals surface area (Å²) in [6.45, 7) is 2.90. The molecule has 0 aromatic heterocycles. The van der Waals surface area contributed by atoms with E-state index in [0.29, 0.717) is 41.7 Å². The Kier molecular flexibility index (Phi) is 6.93. The van der Waals surface area contributed by atoms with Gasteiger partial charge in [-0.05, 0) is 44.7 Å². The van der Waals surface area contributed by atoms with Gasteiger partial charge in [0.15, 0.2) is 11.5 Å². The zero-order chi connectivity index (χ0) is 18.4. The number of hydrogen-bond acceptors (Lipinski definition) is 4. The van der Waals surface area contributed by atoms with E-state index in [1.165, 1.54) is 7.11 Å². The van der Waals surface area contributed by atoms with Gasteiger partial charge in [0.05, 0.1) is 18.7 Å². The average molecular weight is 370 g/mol. The molecule has 1 aromatic carbocycles. The van der Waals surface area contributed by atoms with Crippen LogP contribution in [0.4, 0.5) is 0 Å². The molecule has 0 spiro atoms. The second kappa shape index (κ2) is 8.94. The van der Waals surface area contributed by atoms with Gasteiger partial charge in [0, 0.05) is 24.6 Å². The van der Waals surface area contributed by atoms with E-state index in [1.807, 2.05) is 6.92 Å². The fourth-order valence-corrected chi connectivity index (χ4v) is 3.42. The monoisotopic (exact) mass is 369 g/mol. The third-order valence-electron chi connectivity index (χ3n) is 4.34. The highest BCUT2D eigenvalue weighted by atomic mass is 35.5. The number of methoxy groups -OCH3 is 1. The maximum absolute atomic E-state index is 13.0. The number of carbonyl (C=O) groups is 2. The number of aliphatic carboxylic acids is 1. The lowest BCUT2D eigenvalue weighted by Crippen LogP contribution is -2.44. The molecule has 1 saturated heterocycles. The number of carboxylic acids is 1. The molecule has 1 atom stereocenters. The fourth-order valence-electron chi connectivity index (χ4n) is 3.15. The minimum Gasteiger partial charge on any atom is -0.493 e. The van der Waals surface area contributed by atoms with E-state index in [9.17, 15) is 9.59 Å². The summed E-state index contributed by atoms with van der Waals surface area (Å²) in [7, 11) is 1.50. The second-order valence-electron chi connectivity index (χ2n) is 6.00. The van der Waals surface area contributed by atoms with Crippen LogP contribution in [0.5, 0.6) is 11.5 Å². The molecule has 6 nitrogen and oxygen atoms in total. The van der Waals surface area contributed by atoms with E-state index >= 15 is 0 Å². The average Bonchev–Trinajstić information content (AvgIpc) is 2.61. The highest BCUT2D eigenvalue weighted by molar-refractivity contribution is 6.32. The summed E-state index contributed by atoms with van der Waals surface area (Å²) < 4.78 is 10.8. The molecule has 0 aliphatic carbocycles. The predicted molar refractivity (Wildman–Crippen MR) is 94.7 cm³/mol. The topological polar surface area (TPSA) is 76.1 Å². The number of amides is 1. The van der Waals surface area contributed by atoms with Crippen LogP contribution in [0.15, 0.2) is 12.1 Å². The van der Waals surface area contributed by atoms with E-state index in [1.54, 1.807) is 17.0 Å². The van der Waals surface area contributed by atoms with E-state index < -0.39 is 5.97 Å². The predicted octanol–water partition coefficient (Wildman–Crippen LogP) is 3.61. The number of carbonyl (C=O) groups excluding carboxylic acids is 1. The molecule has 25 heavy (non-hydrogen) atoms. The minimum atomic E-state index is -0.844. The van der Waals surface area contributed by atoms with Crippen molar-refractivity contribution in [2.45, 2.75) is 45.1 Å². The van der Waals surface area contributed by atoms with Gasteiger partial charge in [0.2, 0.25) is 0 Å². The quantitative estimate of drug-likeness (QED) is 0.794. The van der Waals surface area contributed by atoms with Crippen LogP contribution >= 0.6 is 11.6 Å². The Morgan fingerprint density at radius 1 is 1.36 bits per heavy atom. The molecule has 1 aromatic rings. The van der Waals surface area contributed by atoms with E-state index in [4.69, 9.17) is 26.2 Å². The molecule has 1 aliphatic rings. The highest BCUT2D eigenvalue weighted by Gasteiger charge is 2.29. The number of ether oxygens (including phenoxy) is 2. The van der Waals surface area contributed by atoms with Gasteiger partial charge >= 0.3 is 5.97 Å². The Balaban J connectivity index is 2.25. The van der Waals surface area contributed by atoms with Crippen LogP contribution in [0.2, 0.25) is 5.02 Å². The van der Waals surface area contributed by atoms with Gasteiger partial charge < -0.3 is 19.5 Å². The molecular weight excluding hydrogens is 346 g/mol. The van der Waals surface area contributed by atoms with Crippen LogP contribution in [-0.4, -0.2) is 48.2 Å². The number of benzene rings is 1. The van der Waals surface area contributed by atoms with Crippen LogP contribution in [0, 0.1) is 0 Å². The summed E-state index contributed by atoms with van der Waals surface area (Å²) >= 11 is 6.26. The molecular formula is C18H24ClNO5. The van der Waals surface area contributed by atoms with Crippen LogP contribution in [0.25, 0.3) is 0 Å². The van der Waals surface area contributed by atoms with Crippen molar-refractivity contribution in [3.63, 3.8) is 0 Å². The van der Waals surface area contributed by atoms with Crippen molar-refractivity contribution in [2.24, 2.45) is 0 Å². The first-order valence-electron chi connectivity index (χ1n) is 8.51. The number of likely N-dealkylation sites (tertiary alicyclic amines) is 1. The molecule has 0 saturated carbocycles. The largest absolute Gasteiger partial charge is 0.493 e. The van der Waals surface area contributed by atoms with Crippen molar-refractivity contribution >= 4 is 23.5 Å². The molecule has 138 valence electrons. The molecule has 1 aliphatic heterocycles. The Hall–Kier alpha value is -1.95. The Morgan fingerprint density at radius 3 is 2.76 bits per heavy atom. The lowest BCUT2D eigenvalue weighted by Gasteiger charge is -2.36. The summed E-state index contributed by atoms with van der Waals surface area (Å²) in [5.74, 6) is -0.164. The zero-order valence-electron chi connectivity index (χ0n) is 14.6. The third kappa shape index (κ3) is 4.78. The Labute approximate surface area is 152 Å². The summed E-state index contributed by atoms with van der Waals surface area (Å²) in [5, 5.41) is 9.24. The number of rotatable bonds is 7. The van der Waals surface area contributed by atoms with E-state index in [0.717, 1.165) is 19.3 Å². The van der Waals surface area contributed by atoms with Crippen LogP contribution in [0.1, 0.15) is 49.4 Å². The van der Waals surface area contributed by atoms with Gasteiger partial charge in [-0.15, -0.1) is 0 Å². The summed E-state index contributed by atoms with van der Waals surface area (Å²) in [4.78, 5) is 25.6. The molecule has 7 heteroatoms. The number of halogens is 1. The number of carboxylic acid groups (broad SMARTS) is 1. The maximum atomic E-state index is 13.0. The first-order chi connectivity index (χ1) is 12.0. The Bertz CT molecular complexity index is 634. The van der Waals surface area contributed by atoms with E-state index in [2.05, 4.69) is 0 Å². The van der Waals surface area contributed by atoms with Crippen molar-refractivity contribution in [3.05, 3.63) is 22.7 Å². The molecule has 2 rings (SSSR count). The van der Waals surface area contributed by atoms with Gasteiger partial charge in [0.25, 0.3) is 5.91 Å². The first kappa shape index (κ1) is 19.4. The zero-order valence-corrected chi connectivity index (χ0v) is 15.3. The number of nitrogens with zero attached hydrogens (tertiary/aromatic N) is 1. The molecule has 1 unspecified atom stereocenters. The smallest absolute Gasteiger partial charge is 0.303 e. The van der Waals surface area contributed by atoms with Gasteiger partial charge in [-0.2, -0.15) is 0 Å². The minimum absolute atomic E-state index is 0.0573. The van der Waals surface area contributed by atoms with Crippen molar-refractivity contribution in [1.29, 1.82) is 0 Å². The molecule has 0 bridgehead atoms. The number of piperidine rings is 1. The maximum Gasteiger partial charge on any atom is 0.303 e. The second-order valence-corrected chi connectivity index (χ2v) is 6.41. The van der Waals surface area contributed by atoms with Crippen LogP contribution in [0.3, 0.4) is 0 Å². The van der Waals surface area contributed by atoms with Crippen LogP contribution < -0.4 is 9.47 Å². The van der Waals surface area contributed by atoms with Crippen molar-refractivity contribution in [3.8, 4) is 11.5 Å². The standard InChI is InChI=1S/C18H24ClNO5/c1-3-25-17-14(19)10-12(11-15(17)24-2)18(23)20-9-5-4-6-13(20)7-8-16(21)22/h10-11,13H,3-9H2,1-2H3,(H,21,22). The first-order valence-corrected chi connectivity index (χ1v) is 8.88. The molecule has 1 N–H and O–H groups in total. The summed E-state index contributed by atoms with van der Waals surface area (Å²) in [6, 6.07) is 3.15. The lowest BCUT2D eigenvalue weighted by molar-refractivity contribution is -0.137. The molecule has 1 heterocycles. The van der Waals surface area contributed by atoms with Crippen molar-refractivity contribution in [2.75, 3.05) is 20.3 Å². The van der Waals surface area contributed by atoms with Gasteiger partial charge in [0.1, 0.15) is 0 Å². The SMILES string of the molecule is CCOc1c(Cl)cc(C(=O)N2CCCCC2CCC(=O)O)cc1OC. The summed E-state index contributed by atoms with van der Waals surface area (Å²) in [6.07, 6.45) is 3.25. The third-order valence-corrected chi connectivity index (χ3v) is 4.63. The van der Waals surface area contributed by atoms with Crippen molar-refractivity contribution in [1.82, 2.24) is 4.90 Å². The summed E-state index contributed by atoms with van der Waals surface area (Å²) in [5.41, 5.74) is 0.424. The van der Waals surface area contributed by atoms with Crippen molar-refractivity contribution < 1.29 is 24.2 Å². The van der Waals surface area contributed by atoms with Gasteiger partial charge in [-0.25, -0.2) is 0 Å². The molecule has 1 fully saturated rings. The fraction of sp³-hybridized carbons (Fsp3) is 0.556. The van der Waals surface area contributed by atoms with E-state index in [-0.39, 0.29) is 18.4 Å².